The Morgan fingerprint density at radius 1 is 1.28 bits per heavy atom. The molecule has 0 saturated carbocycles. The predicted octanol–water partition coefficient (Wildman–Crippen LogP) is 4.48. The zero-order valence-electron chi connectivity index (χ0n) is 10.2. The van der Waals surface area contributed by atoms with Gasteiger partial charge in [-0.15, -0.1) is 0 Å². The number of hydrogen-bond acceptors (Lipinski definition) is 1. The van der Waals surface area contributed by atoms with Gasteiger partial charge >= 0.3 is 0 Å². The molecule has 0 aromatic heterocycles. The Bertz CT molecular complexity index is 479. The van der Waals surface area contributed by atoms with Crippen LogP contribution in [0.15, 0.2) is 29.8 Å². The summed E-state index contributed by atoms with van der Waals surface area (Å²) >= 11 is 5.97. The number of hydrogen-bond donors (Lipinski definition) is 0. The van der Waals surface area contributed by atoms with Gasteiger partial charge in [0.1, 0.15) is 5.82 Å². The third-order valence-corrected chi connectivity index (χ3v) is 3.63. The van der Waals surface area contributed by atoms with E-state index in [1.807, 2.05) is 6.08 Å². The van der Waals surface area contributed by atoms with E-state index in [-0.39, 0.29) is 18.0 Å². The fourth-order valence-corrected chi connectivity index (χ4v) is 2.42. The summed E-state index contributed by atoms with van der Waals surface area (Å²) in [6.07, 6.45) is 7.43. The Kier molecular flexibility index (Phi) is 4.54. The van der Waals surface area contributed by atoms with E-state index in [9.17, 15) is 9.18 Å². The number of benzene rings is 1. The highest BCUT2D eigenvalue weighted by Crippen LogP contribution is 2.22. The highest BCUT2D eigenvalue weighted by molar-refractivity contribution is 6.31. The van der Waals surface area contributed by atoms with Crippen molar-refractivity contribution >= 4 is 17.4 Å². The van der Waals surface area contributed by atoms with Crippen LogP contribution in [0, 0.1) is 5.82 Å². The normalized spacial score (nSPS) is 16.0. The molecule has 0 unspecified atom stereocenters. The molecule has 3 heteroatoms. The largest absolute Gasteiger partial charge is 0.294 e. The zero-order valence-corrected chi connectivity index (χ0v) is 11.0. The summed E-state index contributed by atoms with van der Waals surface area (Å²) in [5, 5.41) is 0.457. The van der Waals surface area contributed by atoms with Crippen molar-refractivity contribution in [1.82, 2.24) is 0 Å². The van der Waals surface area contributed by atoms with E-state index >= 15 is 0 Å². The van der Waals surface area contributed by atoms with Crippen molar-refractivity contribution in [2.24, 2.45) is 0 Å². The lowest BCUT2D eigenvalue weighted by atomic mass is 9.99. The van der Waals surface area contributed by atoms with Gasteiger partial charge in [-0.3, -0.25) is 4.79 Å². The first-order valence-electron chi connectivity index (χ1n) is 6.33. The van der Waals surface area contributed by atoms with Gasteiger partial charge in [-0.1, -0.05) is 24.1 Å². The molecule has 2 rings (SSSR count). The second-order valence-corrected chi connectivity index (χ2v) is 5.07. The Balaban J connectivity index is 2.10. The van der Waals surface area contributed by atoms with E-state index in [1.165, 1.54) is 24.6 Å². The molecular weight excluding hydrogens is 251 g/mol. The van der Waals surface area contributed by atoms with Crippen molar-refractivity contribution in [3.05, 3.63) is 46.3 Å². The van der Waals surface area contributed by atoms with Gasteiger partial charge in [0.2, 0.25) is 0 Å². The van der Waals surface area contributed by atoms with Crippen LogP contribution < -0.4 is 0 Å². The van der Waals surface area contributed by atoms with Crippen LogP contribution >= 0.6 is 11.6 Å². The maximum atomic E-state index is 13.1. The van der Waals surface area contributed by atoms with Gasteiger partial charge < -0.3 is 0 Å². The highest BCUT2D eigenvalue weighted by atomic mass is 35.5. The molecule has 18 heavy (non-hydrogen) atoms. The van der Waals surface area contributed by atoms with Crippen LogP contribution in [0.4, 0.5) is 4.39 Å². The molecular formula is C15H16ClFO. The summed E-state index contributed by atoms with van der Waals surface area (Å²) in [5.74, 6) is -0.276. The molecule has 0 amide bonds. The van der Waals surface area contributed by atoms with Crippen LogP contribution in [0.1, 0.15) is 37.7 Å². The standard InChI is InChI=1S/C15H16ClFO/c16-14-8-7-13(17)9-12(14)10-15(18)11-5-3-1-2-4-6-11/h5,7-9H,1-4,6,10H2. The third-order valence-electron chi connectivity index (χ3n) is 3.26. The first-order valence-corrected chi connectivity index (χ1v) is 6.71. The van der Waals surface area contributed by atoms with E-state index in [0.29, 0.717) is 10.6 Å². The van der Waals surface area contributed by atoms with Gasteiger partial charge in [0.15, 0.2) is 5.78 Å². The Labute approximate surface area is 112 Å². The number of Topliss-reactive ketones (excluding diaryl/α,β-unsaturated/α-hetero) is 1. The topological polar surface area (TPSA) is 17.1 Å². The molecule has 0 fully saturated rings. The van der Waals surface area contributed by atoms with Gasteiger partial charge in [-0.2, -0.15) is 0 Å². The van der Waals surface area contributed by atoms with Crippen LogP contribution in [0.5, 0.6) is 0 Å². The van der Waals surface area contributed by atoms with E-state index in [2.05, 4.69) is 0 Å². The van der Waals surface area contributed by atoms with Gasteiger partial charge in [0.25, 0.3) is 0 Å². The Morgan fingerprint density at radius 3 is 2.94 bits per heavy atom. The van der Waals surface area contributed by atoms with Crippen LogP contribution in [0.2, 0.25) is 5.02 Å². The fourth-order valence-electron chi connectivity index (χ4n) is 2.23. The highest BCUT2D eigenvalue weighted by Gasteiger charge is 2.14. The van der Waals surface area contributed by atoms with E-state index < -0.39 is 0 Å². The summed E-state index contributed by atoms with van der Waals surface area (Å²) in [4.78, 5) is 12.1. The number of carbonyl (C=O) groups is 1. The van der Waals surface area contributed by atoms with E-state index in [1.54, 1.807) is 0 Å². The molecule has 0 spiro atoms. The maximum absolute atomic E-state index is 13.1. The lowest BCUT2D eigenvalue weighted by molar-refractivity contribution is -0.115. The smallest absolute Gasteiger partial charge is 0.162 e. The monoisotopic (exact) mass is 266 g/mol. The summed E-state index contributed by atoms with van der Waals surface area (Å²) in [6, 6.07) is 4.15. The van der Waals surface area contributed by atoms with Crippen LogP contribution in [0.3, 0.4) is 0 Å². The van der Waals surface area contributed by atoms with Gasteiger partial charge in [0, 0.05) is 11.4 Å². The van der Waals surface area contributed by atoms with Crippen LogP contribution in [-0.4, -0.2) is 5.78 Å². The molecule has 96 valence electrons. The number of carbonyl (C=O) groups excluding carboxylic acids is 1. The van der Waals surface area contributed by atoms with Crippen molar-refractivity contribution in [3.63, 3.8) is 0 Å². The Hall–Kier alpha value is -1.15. The van der Waals surface area contributed by atoms with Gasteiger partial charge in [-0.05, 0) is 55.0 Å². The second kappa shape index (κ2) is 6.14. The van der Waals surface area contributed by atoms with Gasteiger partial charge in [-0.25, -0.2) is 4.39 Å². The SMILES string of the molecule is O=C(Cc1cc(F)ccc1Cl)C1=CCCCCC1. The van der Waals surface area contributed by atoms with Crippen molar-refractivity contribution in [2.75, 3.05) is 0 Å². The molecule has 1 aliphatic rings. The van der Waals surface area contributed by atoms with Crippen LogP contribution in [0.25, 0.3) is 0 Å². The average molecular weight is 267 g/mol. The fraction of sp³-hybridized carbons (Fsp3) is 0.400. The quantitative estimate of drug-likeness (QED) is 0.788. The first-order chi connectivity index (χ1) is 8.66. The van der Waals surface area contributed by atoms with E-state index in [4.69, 9.17) is 11.6 Å². The number of halogens is 2. The van der Waals surface area contributed by atoms with Crippen molar-refractivity contribution < 1.29 is 9.18 Å². The zero-order chi connectivity index (χ0) is 13.0. The lowest BCUT2D eigenvalue weighted by Crippen LogP contribution is -2.07. The average Bonchev–Trinajstić information content (AvgIpc) is 2.62. The first kappa shape index (κ1) is 13.3. The Morgan fingerprint density at radius 2 is 2.11 bits per heavy atom. The molecule has 0 atom stereocenters. The number of allylic oxidation sites excluding steroid dienone is 2. The van der Waals surface area contributed by atoms with Crippen LogP contribution in [-0.2, 0) is 11.2 Å². The second-order valence-electron chi connectivity index (χ2n) is 4.66. The molecule has 1 aliphatic carbocycles. The summed E-state index contributed by atoms with van der Waals surface area (Å²) in [6.45, 7) is 0. The minimum Gasteiger partial charge on any atom is -0.294 e. The summed E-state index contributed by atoms with van der Waals surface area (Å²) < 4.78 is 13.1. The molecule has 0 aliphatic heterocycles. The molecule has 1 aromatic carbocycles. The molecule has 0 heterocycles. The van der Waals surface area contributed by atoms with E-state index in [0.717, 1.165) is 31.3 Å². The molecule has 0 N–H and O–H groups in total. The third kappa shape index (κ3) is 3.42. The number of ketones is 1. The predicted molar refractivity (Wildman–Crippen MR) is 71.3 cm³/mol. The number of rotatable bonds is 3. The maximum Gasteiger partial charge on any atom is 0.162 e. The molecule has 0 bridgehead atoms. The minimum absolute atomic E-state index is 0.0735. The van der Waals surface area contributed by atoms with Crippen molar-refractivity contribution in [1.29, 1.82) is 0 Å². The van der Waals surface area contributed by atoms with Gasteiger partial charge in [0.05, 0.1) is 0 Å². The molecule has 0 saturated heterocycles. The lowest BCUT2D eigenvalue weighted by Gasteiger charge is -2.06. The molecule has 0 radical (unpaired) electrons. The van der Waals surface area contributed by atoms with Crippen molar-refractivity contribution in [2.45, 2.75) is 38.5 Å². The summed E-state index contributed by atoms with van der Waals surface area (Å²) in [7, 11) is 0. The van der Waals surface area contributed by atoms with Crippen molar-refractivity contribution in [3.8, 4) is 0 Å². The summed E-state index contributed by atoms with van der Waals surface area (Å²) in [5.41, 5.74) is 1.46. The molecule has 1 aromatic rings. The minimum atomic E-state index is -0.350. The molecule has 1 nitrogen and oxygen atoms in total.